The second-order valence-electron chi connectivity index (χ2n) is 7.88. The number of thioether (sulfide) groups is 1. The van der Waals surface area contributed by atoms with Crippen LogP contribution in [0.3, 0.4) is 0 Å². The molecule has 0 aliphatic carbocycles. The summed E-state index contributed by atoms with van der Waals surface area (Å²) in [6.45, 7) is 2.04. The van der Waals surface area contributed by atoms with Gasteiger partial charge in [-0.2, -0.15) is 0 Å². The van der Waals surface area contributed by atoms with Crippen molar-refractivity contribution in [2.24, 2.45) is 0 Å². The normalized spacial score (nSPS) is 10.9. The number of carbonyl (C=O) groups excluding carboxylic acids is 1. The zero-order chi connectivity index (χ0) is 25.1. The number of aryl methyl sites for hydroxylation is 1. The van der Waals surface area contributed by atoms with Crippen molar-refractivity contribution in [2.45, 2.75) is 12.1 Å². The van der Waals surface area contributed by atoms with Crippen LogP contribution in [0, 0.1) is 6.92 Å². The molecule has 0 saturated carbocycles. The number of halogens is 1. The third kappa shape index (κ3) is 5.35. The molecule has 180 valence electrons. The summed E-state index contributed by atoms with van der Waals surface area (Å²) >= 11 is 6.10. The van der Waals surface area contributed by atoms with E-state index < -0.39 is 0 Å². The molecule has 10 heteroatoms. The third-order valence-electron chi connectivity index (χ3n) is 5.28. The molecule has 2 N–H and O–H groups in total. The molecule has 0 spiro atoms. The van der Waals surface area contributed by atoms with Gasteiger partial charge in [-0.15, -0.1) is 21.5 Å². The van der Waals surface area contributed by atoms with Crippen LogP contribution in [0.4, 0.5) is 5.13 Å². The molecule has 0 fully saturated rings. The second kappa shape index (κ2) is 10.7. The number of benzene rings is 3. The monoisotopic (exact) mass is 577 g/mol. The third-order valence-corrected chi connectivity index (χ3v) is 7.46. The van der Waals surface area contributed by atoms with Gasteiger partial charge in [0.1, 0.15) is 5.75 Å². The minimum absolute atomic E-state index is 0.0882. The Morgan fingerprint density at radius 2 is 1.86 bits per heavy atom. The maximum Gasteiger partial charge on any atom is 0.236 e. The molecular formula is C26H20BrN5O2S2. The lowest BCUT2D eigenvalue weighted by atomic mass is 10.1. The zero-order valence-electron chi connectivity index (χ0n) is 19.1. The zero-order valence-corrected chi connectivity index (χ0v) is 22.3. The molecule has 1 amide bonds. The van der Waals surface area contributed by atoms with Crippen molar-refractivity contribution in [1.82, 2.24) is 19.7 Å². The lowest BCUT2D eigenvalue weighted by molar-refractivity contribution is -0.113. The fraction of sp³-hybridized carbons (Fsp3) is 0.0769. The lowest BCUT2D eigenvalue weighted by Gasteiger charge is -2.11. The number of hydrogen-bond donors (Lipinski definition) is 2. The van der Waals surface area contributed by atoms with Gasteiger partial charge in [-0.1, -0.05) is 75.7 Å². The minimum atomic E-state index is -0.195. The fourth-order valence-electron chi connectivity index (χ4n) is 3.51. The summed E-state index contributed by atoms with van der Waals surface area (Å²) < 4.78 is 2.64. The highest BCUT2D eigenvalue weighted by Crippen LogP contribution is 2.34. The molecule has 5 rings (SSSR count). The predicted molar refractivity (Wildman–Crippen MR) is 148 cm³/mol. The Morgan fingerprint density at radius 1 is 1.08 bits per heavy atom. The SMILES string of the molecule is Cc1ccc(-c2csc(NC(=O)CSc3nnc(-c4cc(Br)ccc4O)n3-c3ccccc3)n2)cc1. The van der Waals surface area contributed by atoms with E-state index in [4.69, 9.17) is 0 Å². The van der Waals surface area contributed by atoms with Crippen molar-refractivity contribution in [3.05, 3.63) is 88.2 Å². The average molecular weight is 579 g/mol. The van der Waals surface area contributed by atoms with E-state index in [1.165, 1.54) is 28.7 Å². The van der Waals surface area contributed by atoms with Gasteiger partial charge >= 0.3 is 0 Å². The summed E-state index contributed by atoms with van der Waals surface area (Å²) in [6.07, 6.45) is 0. The summed E-state index contributed by atoms with van der Waals surface area (Å²) in [5.74, 6) is 0.490. The molecule has 0 bridgehead atoms. The Morgan fingerprint density at radius 3 is 2.64 bits per heavy atom. The number of aromatic nitrogens is 4. The number of carbonyl (C=O) groups is 1. The molecule has 0 aliphatic heterocycles. The average Bonchev–Trinajstić information content (AvgIpc) is 3.52. The number of anilines is 1. The quantitative estimate of drug-likeness (QED) is 0.213. The molecule has 2 heterocycles. The molecule has 0 unspecified atom stereocenters. The second-order valence-corrected chi connectivity index (χ2v) is 10.6. The summed E-state index contributed by atoms with van der Waals surface area (Å²) in [6, 6.07) is 22.8. The highest BCUT2D eigenvalue weighted by molar-refractivity contribution is 9.10. The number of hydrogen-bond acceptors (Lipinski definition) is 7. The summed E-state index contributed by atoms with van der Waals surface area (Å²) in [5, 5.41) is 25.0. The molecule has 36 heavy (non-hydrogen) atoms. The van der Waals surface area contributed by atoms with Crippen LogP contribution in [0.2, 0.25) is 0 Å². The maximum absolute atomic E-state index is 12.7. The Labute approximate surface area is 224 Å². The Hall–Kier alpha value is -3.47. The van der Waals surface area contributed by atoms with E-state index in [0.29, 0.717) is 21.7 Å². The molecule has 0 radical (unpaired) electrons. The van der Waals surface area contributed by atoms with Gasteiger partial charge in [0.25, 0.3) is 0 Å². The minimum Gasteiger partial charge on any atom is -0.507 e. The number of nitrogens with zero attached hydrogens (tertiary/aromatic N) is 4. The van der Waals surface area contributed by atoms with Crippen LogP contribution < -0.4 is 5.32 Å². The van der Waals surface area contributed by atoms with Gasteiger partial charge in [-0.3, -0.25) is 9.36 Å². The van der Waals surface area contributed by atoms with E-state index in [9.17, 15) is 9.90 Å². The number of amides is 1. The van der Waals surface area contributed by atoms with Crippen LogP contribution >= 0.6 is 39.0 Å². The lowest BCUT2D eigenvalue weighted by Crippen LogP contribution is -2.14. The summed E-state index contributed by atoms with van der Waals surface area (Å²) in [5.41, 5.74) is 4.36. The molecule has 7 nitrogen and oxygen atoms in total. The Balaban J connectivity index is 1.35. The van der Waals surface area contributed by atoms with Crippen LogP contribution in [-0.4, -0.2) is 36.5 Å². The van der Waals surface area contributed by atoms with Gasteiger partial charge < -0.3 is 10.4 Å². The van der Waals surface area contributed by atoms with Crippen molar-refractivity contribution in [3.8, 4) is 34.1 Å². The number of phenolic OH excluding ortho intramolecular Hbond substituents is 1. The van der Waals surface area contributed by atoms with Gasteiger partial charge in [0, 0.05) is 21.1 Å². The van der Waals surface area contributed by atoms with E-state index in [-0.39, 0.29) is 17.4 Å². The van der Waals surface area contributed by atoms with E-state index in [2.05, 4.69) is 36.4 Å². The first kappa shape index (κ1) is 24.2. The predicted octanol–water partition coefficient (Wildman–Crippen LogP) is 6.57. The topological polar surface area (TPSA) is 92.9 Å². The van der Waals surface area contributed by atoms with Crippen molar-refractivity contribution in [3.63, 3.8) is 0 Å². The molecule has 0 saturated heterocycles. The molecule has 5 aromatic rings. The van der Waals surface area contributed by atoms with Crippen LogP contribution in [0.25, 0.3) is 28.3 Å². The molecule has 0 atom stereocenters. The summed E-state index contributed by atoms with van der Waals surface area (Å²) in [4.78, 5) is 17.3. The standard InChI is InChI=1S/C26H20BrN5O2S2/c1-16-7-9-17(10-8-16)21-14-35-25(28-21)29-23(34)15-36-26-31-30-24(20-13-18(27)11-12-22(20)33)32(26)19-5-3-2-4-6-19/h2-14,33H,15H2,1H3,(H,28,29,34). The fourth-order valence-corrected chi connectivity index (χ4v) is 5.36. The van der Waals surface area contributed by atoms with Crippen molar-refractivity contribution in [1.29, 1.82) is 0 Å². The molecule has 2 aromatic heterocycles. The van der Waals surface area contributed by atoms with Crippen LogP contribution in [-0.2, 0) is 4.79 Å². The number of nitrogens with one attached hydrogen (secondary N) is 1. The highest BCUT2D eigenvalue weighted by atomic mass is 79.9. The molecule has 0 aliphatic rings. The number of rotatable bonds is 7. The van der Waals surface area contributed by atoms with Crippen molar-refractivity contribution >= 4 is 50.1 Å². The smallest absolute Gasteiger partial charge is 0.236 e. The molecule has 3 aromatic carbocycles. The van der Waals surface area contributed by atoms with Gasteiger partial charge in [-0.05, 0) is 37.3 Å². The number of thiazole rings is 1. The van der Waals surface area contributed by atoms with E-state index in [0.717, 1.165) is 21.4 Å². The van der Waals surface area contributed by atoms with Gasteiger partial charge in [-0.25, -0.2) is 4.98 Å². The maximum atomic E-state index is 12.7. The highest BCUT2D eigenvalue weighted by Gasteiger charge is 2.20. The first-order chi connectivity index (χ1) is 17.5. The largest absolute Gasteiger partial charge is 0.507 e. The number of phenols is 1. The van der Waals surface area contributed by atoms with E-state index >= 15 is 0 Å². The van der Waals surface area contributed by atoms with Crippen molar-refractivity contribution in [2.75, 3.05) is 11.1 Å². The Bertz CT molecular complexity index is 1520. The van der Waals surface area contributed by atoms with E-state index in [1.54, 1.807) is 18.2 Å². The van der Waals surface area contributed by atoms with Gasteiger partial charge in [0.05, 0.1) is 17.0 Å². The Kier molecular flexibility index (Phi) is 7.17. The van der Waals surface area contributed by atoms with Gasteiger partial charge in [0.2, 0.25) is 5.91 Å². The van der Waals surface area contributed by atoms with E-state index in [1.807, 2.05) is 71.5 Å². The number of para-hydroxylation sites is 1. The van der Waals surface area contributed by atoms with Crippen LogP contribution in [0.15, 0.2) is 87.8 Å². The van der Waals surface area contributed by atoms with Crippen LogP contribution in [0.5, 0.6) is 5.75 Å². The summed E-state index contributed by atoms with van der Waals surface area (Å²) in [7, 11) is 0. The first-order valence-electron chi connectivity index (χ1n) is 10.9. The molecular weight excluding hydrogens is 558 g/mol. The van der Waals surface area contributed by atoms with Crippen LogP contribution in [0.1, 0.15) is 5.56 Å². The number of aromatic hydroxyl groups is 1. The first-order valence-corrected chi connectivity index (χ1v) is 13.6. The van der Waals surface area contributed by atoms with Crippen molar-refractivity contribution < 1.29 is 9.90 Å². The van der Waals surface area contributed by atoms with Gasteiger partial charge in [0.15, 0.2) is 16.1 Å².